The number of hydrogen-bond acceptors (Lipinski definition) is 5. The summed E-state index contributed by atoms with van der Waals surface area (Å²) in [6, 6.07) is -1.01. The highest BCUT2D eigenvalue weighted by Gasteiger charge is 2.29. The molecule has 0 aromatic heterocycles. The standard InChI is InChI=1S/C30H51NO5S/c1-21(2)12-10-13-23(5)14-11-15-24(6)16-17-37-20-26(29(34)35)31-28(33)25(18-22(3)4)19-27(32)36-30(7,8)9/h12,14,16,22,25-26H,10-11,13,15,17-20H2,1-9H3,(H,31,33)(H,34,35)/b23-14+,24-16+/t25-,26+/m1/s1. The number of carboxylic acid groups (broad SMARTS) is 1. The number of carbonyl (C=O) groups is 3. The van der Waals surface area contributed by atoms with Crippen LogP contribution >= 0.6 is 11.8 Å². The van der Waals surface area contributed by atoms with Crippen LogP contribution in [-0.4, -0.2) is 46.1 Å². The van der Waals surface area contributed by atoms with Crippen molar-refractivity contribution in [3.63, 3.8) is 0 Å². The number of allylic oxidation sites excluding steroid dienone is 5. The van der Waals surface area contributed by atoms with Crippen molar-refractivity contribution in [3.05, 3.63) is 34.9 Å². The fourth-order valence-electron chi connectivity index (χ4n) is 3.63. The second-order valence-corrected chi connectivity index (χ2v) is 12.6. The maximum absolute atomic E-state index is 12.9. The molecule has 0 rings (SSSR count). The van der Waals surface area contributed by atoms with Gasteiger partial charge < -0.3 is 15.2 Å². The lowest BCUT2D eigenvalue weighted by Gasteiger charge is -2.24. The summed E-state index contributed by atoms with van der Waals surface area (Å²) in [5.41, 5.74) is 3.39. The van der Waals surface area contributed by atoms with Crippen molar-refractivity contribution in [2.45, 2.75) is 112 Å². The molecule has 0 aromatic carbocycles. The highest BCUT2D eigenvalue weighted by molar-refractivity contribution is 7.99. The van der Waals surface area contributed by atoms with Crippen molar-refractivity contribution < 1.29 is 24.2 Å². The summed E-state index contributed by atoms with van der Waals surface area (Å²) in [6.45, 7) is 17.8. The van der Waals surface area contributed by atoms with Crippen LogP contribution in [0.15, 0.2) is 34.9 Å². The molecule has 0 saturated heterocycles. The quantitative estimate of drug-likeness (QED) is 0.117. The minimum absolute atomic E-state index is 0.0639. The van der Waals surface area contributed by atoms with Gasteiger partial charge in [0.05, 0.1) is 6.42 Å². The minimum Gasteiger partial charge on any atom is -0.480 e. The molecule has 0 unspecified atom stereocenters. The molecule has 0 aliphatic heterocycles. The van der Waals surface area contributed by atoms with E-state index in [1.54, 1.807) is 20.8 Å². The number of carboxylic acids is 1. The van der Waals surface area contributed by atoms with Gasteiger partial charge in [-0.05, 0) is 86.5 Å². The Labute approximate surface area is 229 Å². The van der Waals surface area contributed by atoms with Crippen molar-refractivity contribution >= 4 is 29.6 Å². The highest BCUT2D eigenvalue weighted by Crippen LogP contribution is 2.20. The molecule has 0 radical (unpaired) electrons. The van der Waals surface area contributed by atoms with Crippen LogP contribution in [0.5, 0.6) is 0 Å². The number of rotatable bonds is 17. The summed E-state index contributed by atoms with van der Waals surface area (Å²) in [5, 5.41) is 12.3. The molecule has 212 valence electrons. The molecule has 37 heavy (non-hydrogen) atoms. The van der Waals surface area contributed by atoms with E-state index in [0.717, 1.165) is 25.7 Å². The maximum atomic E-state index is 12.9. The van der Waals surface area contributed by atoms with Crippen molar-refractivity contribution in [1.82, 2.24) is 5.32 Å². The lowest BCUT2D eigenvalue weighted by atomic mass is 9.93. The number of thioether (sulfide) groups is 1. The summed E-state index contributed by atoms with van der Waals surface area (Å²) in [4.78, 5) is 37.0. The molecule has 0 saturated carbocycles. The van der Waals surface area contributed by atoms with E-state index in [9.17, 15) is 19.5 Å². The molecule has 0 aliphatic rings. The molecule has 0 heterocycles. The van der Waals surface area contributed by atoms with E-state index in [1.165, 1.54) is 28.5 Å². The molecule has 2 N–H and O–H groups in total. The van der Waals surface area contributed by atoms with Crippen LogP contribution in [0.2, 0.25) is 0 Å². The van der Waals surface area contributed by atoms with Crippen LogP contribution in [0, 0.1) is 11.8 Å². The van der Waals surface area contributed by atoms with Gasteiger partial charge in [-0.2, -0.15) is 11.8 Å². The van der Waals surface area contributed by atoms with Crippen molar-refractivity contribution in [3.8, 4) is 0 Å². The highest BCUT2D eigenvalue weighted by atomic mass is 32.2. The van der Waals surface area contributed by atoms with Crippen LogP contribution in [0.1, 0.15) is 101 Å². The van der Waals surface area contributed by atoms with Crippen molar-refractivity contribution in [2.24, 2.45) is 11.8 Å². The Bertz CT molecular complexity index is 816. The Hall–Kier alpha value is -2.02. The zero-order chi connectivity index (χ0) is 28.6. The number of amides is 1. The Morgan fingerprint density at radius 3 is 2.03 bits per heavy atom. The Balaban J connectivity index is 4.76. The zero-order valence-corrected chi connectivity index (χ0v) is 25.4. The monoisotopic (exact) mass is 537 g/mol. The van der Waals surface area contributed by atoms with Gasteiger partial charge in [-0.1, -0.05) is 48.8 Å². The van der Waals surface area contributed by atoms with Crippen LogP contribution in [0.3, 0.4) is 0 Å². The zero-order valence-electron chi connectivity index (χ0n) is 24.6. The molecule has 0 fully saturated rings. The van der Waals surface area contributed by atoms with Crippen LogP contribution in [0.4, 0.5) is 0 Å². The third-order valence-electron chi connectivity index (χ3n) is 5.53. The predicted octanol–water partition coefficient (Wildman–Crippen LogP) is 7.10. The van der Waals surface area contributed by atoms with Gasteiger partial charge in [-0.25, -0.2) is 4.79 Å². The van der Waals surface area contributed by atoms with Gasteiger partial charge in [0, 0.05) is 17.4 Å². The maximum Gasteiger partial charge on any atom is 0.327 e. The topological polar surface area (TPSA) is 92.7 Å². The SMILES string of the molecule is CC(C)=CCC/C(C)=C/CC/C(C)=C/CSC[C@H](NC(=O)[C@@H](CC(=O)OC(C)(C)C)CC(C)C)C(=O)O. The molecular weight excluding hydrogens is 486 g/mol. The molecular formula is C30H51NO5S. The number of nitrogens with one attached hydrogen (secondary N) is 1. The fraction of sp³-hybridized carbons (Fsp3) is 0.700. The number of hydrogen-bond donors (Lipinski definition) is 2. The van der Waals surface area contributed by atoms with Gasteiger partial charge in [0.15, 0.2) is 0 Å². The second-order valence-electron chi connectivity index (χ2n) is 11.5. The first kappa shape index (κ1) is 35.0. The third kappa shape index (κ3) is 19.7. The number of carbonyl (C=O) groups excluding carboxylic acids is 2. The van der Waals surface area contributed by atoms with Gasteiger partial charge >= 0.3 is 11.9 Å². The molecule has 1 amide bonds. The Morgan fingerprint density at radius 1 is 0.946 bits per heavy atom. The molecule has 0 bridgehead atoms. The molecule has 2 atom stereocenters. The third-order valence-corrected chi connectivity index (χ3v) is 6.50. The van der Waals surface area contributed by atoms with Crippen molar-refractivity contribution in [2.75, 3.05) is 11.5 Å². The van der Waals surface area contributed by atoms with Gasteiger partial charge in [0.2, 0.25) is 5.91 Å². The van der Waals surface area contributed by atoms with E-state index in [-0.39, 0.29) is 18.1 Å². The number of aliphatic carboxylic acids is 1. The van der Waals surface area contributed by atoms with Crippen LogP contribution < -0.4 is 5.32 Å². The van der Waals surface area contributed by atoms with Crippen LogP contribution in [0.25, 0.3) is 0 Å². The average molecular weight is 538 g/mol. The minimum atomic E-state index is -1.07. The predicted molar refractivity (Wildman–Crippen MR) is 156 cm³/mol. The van der Waals surface area contributed by atoms with E-state index >= 15 is 0 Å². The normalized spacial score (nSPS) is 14.2. The molecule has 7 heteroatoms. The summed E-state index contributed by atoms with van der Waals surface area (Å²) >= 11 is 1.48. The summed E-state index contributed by atoms with van der Waals surface area (Å²) in [5.74, 6) is -1.44. The van der Waals surface area contributed by atoms with Gasteiger partial charge in [-0.15, -0.1) is 0 Å². The number of esters is 1. The first-order valence-electron chi connectivity index (χ1n) is 13.4. The Kier molecular flexibility index (Phi) is 17.3. The van der Waals surface area contributed by atoms with Crippen LogP contribution in [-0.2, 0) is 19.1 Å². The summed E-state index contributed by atoms with van der Waals surface area (Å²) < 4.78 is 5.37. The molecule has 0 aliphatic carbocycles. The van der Waals surface area contributed by atoms with E-state index in [4.69, 9.17) is 4.74 Å². The van der Waals surface area contributed by atoms with Gasteiger partial charge in [0.25, 0.3) is 0 Å². The molecule has 0 aromatic rings. The average Bonchev–Trinajstić information content (AvgIpc) is 2.73. The second kappa shape index (κ2) is 18.3. The Morgan fingerprint density at radius 2 is 1.51 bits per heavy atom. The van der Waals surface area contributed by atoms with E-state index in [2.05, 4.69) is 51.2 Å². The van der Waals surface area contributed by atoms with Crippen molar-refractivity contribution in [1.29, 1.82) is 0 Å². The lowest BCUT2D eigenvalue weighted by Crippen LogP contribution is -2.46. The van der Waals surface area contributed by atoms with Gasteiger partial charge in [-0.3, -0.25) is 9.59 Å². The van der Waals surface area contributed by atoms with E-state index in [0.29, 0.717) is 12.2 Å². The summed E-state index contributed by atoms with van der Waals surface area (Å²) in [7, 11) is 0. The summed E-state index contributed by atoms with van der Waals surface area (Å²) in [6.07, 6.45) is 11.2. The molecule has 6 nitrogen and oxygen atoms in total. The van der Waals surface area contributed by atoms with Gasteiger partial charge in [0.1, 0.15) is 11.6 Å². The first-order valence-corrected chi connectivity index (χ1v) is 14.5. The molecule has 0 spiro atoms. The van der Waals surface area contributed by atoms with E-state index in [1.807, 2.05) is 13.8 Å². The van der Waals surface area contributed by atoms with E-state index < -0.39 is 35.4 Å². The first-order chi connectivity index (χ1) is 17.1. The fourth-order valence-corrected chi connectivity index (χ4v) is 4.63. The number of ether oxygens (including phenoxy) is 1. The smallest absolute Gasteiger partial charge is 0.327 e. The lowest BCUT2D eigenvalue weighted by molar-refractivity contribution is -0.157. The largest absolute Gasteiger partial charge is 0.480 e.